The Morgan fingerprint density at radius 2 is 1.83 bits per heavy atom. The van der Waals surface area contributed by atoms with Crippen molar-refractivity contribution in [1.29, 1.82) is 0 Å². The first kappa shape index (κ1) is 26.3. The highest BCUT2D eigenvalue weighted by atomic mass is 19.4. The molecule has 2 aromatic carbocycles. The molecule has 0 aromatic heterocycles. The standard InChI is InChI=1S/C22H19F7N2O4/c1-9-14(12-6-7-13(23)15(24)16(12)34-20(25)26)17(35-21(9,2)22(27,28)29)19(33)31-11-5-3-4-10(8-11)18(30)32/h3-9,14,17,20H,1-2H3,(H2,30,32)(H,31,33)/t9-,14+,17-,21-/m1/s1. The first-order valence-electron chi connectivity index (χ1n) is 10.1. The average molecular weight is 508 g/mol. The summed E-state index contributed by atoms with van der Waals surface area (Å²) >= 11 is 0. The summed E-state index contributed by atoms with van der Waals surface area (Å²) in [4.78, 5) is 24.4. The summed E-state index contributed by atoms with van der Waals surface area (Å²) in [7, 11) is 0. The average Bonchev–Trinajstić information content (AvgIpc) is 3.04. The molecular formula is C22H19F7N2O4. The number of ether oxygens (including phenoxy) is 2. The van der Waals surface area contributed by atoms with Crippen LogP contribution in [-0.4, -0.2) is 36.3 Å². The van der Waals surface area contributed by atoms with Crippen molar-refractivity contribution in [2.24, 2.45) is 11.7 Å². The number of amides is 2. The maximum atomic E-state index is 14.4. The number of hydrogen-bond acceptors (Lipinski definition) is 4. The lowest BCUT2D eigenvalue weighted by Crippen LogP contribution is -2.47. The Morgan fingerprint density at radius 3 is 2.40 bits per heavy atom. The van der Waals surface area contributed by atoms with Gasteiger partial charge >= 0.3 is 12.8 Å². The van der Waals surface area contributed by atoms with Crippen molar-refractivity contribution >= 4 is 17.5 Å². The highest BCUT2D eigenvalue weighted by Crippen LogP contribution is 2.55. The van der Waals surface area contributed by atoms with Gasteiger partial charge in [-0.25, -0.2) is 4.39 Å². The lowest BCUT2D eigenvalue weighted by Gasteiger charge is -2.32. The molecule has 3 N–H and O–H groups in total. The van der Waals surface area contributed by atoms with Crippen molar-refractivity contribution in [3.05, 3.63) is 59.2 Å². The second-order valence-corrected chi connectivity index (χ2v) is 8.05. The van der Waals surface area contributed by atoms with Crippen LogP contribution in [0.2, 0.25) is 0 Å². The van der Waals surface area contributed by atoms with Gasteiger partial charge in [0.1, 0.15) is 6.10 Å². The lowest BCUT2D eigenvalue weighted by atomic mass is 9.77. The fraction of sp³-hybridized carbons (Fsp3) is 0.364. The molecule has 3 rings (SSSR count). The van der Waals surface area contributed by atoms with Gasteiger partial charge in [0, 0.05) is 28.7 Å². The molecule has 190 valence electrons. The smallest absolute Gasteiger partial charge is 0.417 e. The normalized spacial score (nSPS) is 24.5. The Morgan fingerprint density at radius 1 is 1.17 bits per heavy atom. The zero-order valence-electron chi connectivity index (χ0n) is 18.1. The summed E-state index contributed by atoms with van der Waals surface area (Å²) in [6.07, 6.45) is -7.04. The summed E-state index contributed by atoms with van der Waals surface area (Å²) in [6, 6.07) is 6.41. The fourth-order valence-corrected chi connectivity index (χ4v) is 4.01. The molecule has 4 atom stereocenters. The molecule has 0 unspecified atom stereocenters. The molecule has 6 nitrogen and oxygen atoms in total. The quantitative estimate of drug-likeness (QED) is 0.552. The monoisotopic (exact) mass is 508 g/mol. The number of benzene rings is 2. The van der Waals surface area contributed by atoms with E-state index in [1.54, 1.807) is 0 Å². The van der Waals surface area contributed by atoms with E-state index in [-0.39, 0.29) is 11.3 Å². The number of alkyl halides is 5. The van der Waals surface area contributed by atoms with E-state index < -0.39 is 71.1 Å². The molecule has 0 radical (unpaired) electrons. The second-order valence-electron chi connectivity index (χ2n) is 8.05. The molecule has 1 fully saturated rings. The van der Waals surface area contributed by atoms with Crippen molar-refractivity contribution in [2.45, 2.75) is 44.3 Å². The number of nitrogens with two attached hydrogens (primary N) is 1. The van der Waals surface area contributed by atoms with Crippen LogP contribution in [0.5, 0.6) is 5.75 Å². The van der Waals surface area contributed by atoms with E-state index in [9.17, 15) is 40.3 Å². The number of nitrogens with one attached hydrogen (secondary N) is 1. The van der Waals surface area contributed by atoms with E-state index >= 15 is 0 Å². The molecule has 0 saturated carbocycles. The van der Waals surface area contributed by atoms with E-state index in [0.29, 0.717) is 13.0 Å². The van der Waals surface area contributed by atoms with Crippen LogP contribution in [0.15, 0.2) is 36.4 Å². The number of rotatable bonds is 6. The van der Waals surface area contributed by atoms with Crippen molar-refractivity contribution in [3.8, 4) is 5.75 Å². The maximum Gasteiger partial charge on any atom is 0.417 e. The van der Waals surface area contributed by atoms with Gasteiger partial charge in [-0.05, 0) is 31.2 Å². The first-order valence-corrected chi connectivity index (χ1v) is 10.1. The number of carbonyl (C=O) groups is 2. The molecule has 0 aliphatic carbocycles. The summed E-state index contributed by atoms with van der Waals surface area (Å²) in [5, 5.41) is 2.28. The summed E-state index contributed by atoms with van der Waals surface area (Å²) in [5.74, 6) is -10.1. The van der Waals surface area contributed by atoms with Crippen LogP contribution >= 0.6 is 0 Å². The number of hydrogen-bond donors (Lipinski definition) is 2. The zero-order valence-corrected chi connectivity index (χ0v) is 18.1. The molecule has 35 heavy (non-hydrogen) atoms. The van der Waals surface area contributed by atoms with Crippen LogP contribution in [0.1, 0.15) is 35.7 Å². The SMILES string of the molecule is C[C@@H]1[C@@H](c2ccc(F)c(F)c2OC(F)F)[C@H](C(=O)Nc2cccc(C(N)=O)c2)O[C@@]1(C)C(F)(F)F. The van der Waals surface area contributed by atoms with Gasteiger partial charge in [-0.1, -0.05) is 19.1 Å². The zero-order chi connectivity index (χ0) is 26.3. The highest BCUT2D eigenvalue weighted by molar-refractivity contribution is 5.98. The summed E-state index contributed by atoms with van der Waals surface area (Å²) in [6.45, 7) is -1.95. The molecule has 2 aromatic rings. The van der Waals surface area contributed by atoms with Gasteiger partial charge in [-0.15, -0.1) is 0 Å². The third-order valence-electron chi connectivity index (χ3n) is 5.99. The fourth-order valence-electron chi connectivity index (χ4n) is 4.01. The molecule has 1 heterocycles. The van der Waals surface area contributed by atoms with Gasteiger partial charge in [-0.2, -0.15) is 26.3 Å². The molecule has 1 aliphatic rings. The lowest BCUT2D eigenvalue weighted by molar-refractivity contribution is -0.272. The number of carbonyl (C=O) groups excluding carboxylic acids is 2. The van der Waals surface area contributed by atoms with Crippen LogP contribution in [-0.2, 0) is 9.53 Å². The molecule has 13 heteroatoms. The van der Waals surface area contributed by atoms with E-state index in [1.165, 1.54) is 18.2 Å². The van der Waals surface area contributed by atoms with E-state index in [2.05, 4.69) is 10.1 Å². The van der Waals surface area contributed by atoms with Gasteiger partial charge < -0.3 is 20.5 Å². The van der Waals surface area contributed by atoms with Crippen LogP contribution in [0.4, 0.5) is 36.4 Å². The molecule has 0 bridgehead atoms. The van der Waals surface area contributed by atoms with Crippen LogP contribution in [0.3, 0.4) is 0 Å². The van der Waals surface area contributed by atoms with Crippen LogP contribution in [0.25, 0.3) is 0 Å². The Labute approximate surface area is 194 Å². The molecule has 0 spiro atoms. The Bertz CT molecular complexity index is 1140. The van der Waals surface area contributed by atoms with Gasteiger partial charge in [-0.3, -0.25) is 9.59 Å². The maximum absolute atomic E-state index is 14.4. The number of halogens is 7. The minimum atomic E-state index is -5.03. The number of anilines is 1. The third-order valence-corrected chi connectivity index (χ3v) is 5.99. The van der Waals surface area contributed by atoms with E-state index in [1.807, 2.05) is 0 Å². The van der Waals surface area contributed by atoms with Crippen molar-refractivity contribution in [1.82, 2.24) is 0 Å². The minimum absolute atomic E-state index is 0.0200. The van der Waals surface area contributed by atoms with Crippen molar-refractivity contribution in [2.75, 3.05) is 5.32 Å². The highest BCUT2D eigenvalue weighted by Gasteiger charge is 2.66. The molecule has 2 amide bonds. The second kappa shape index (κ2) is 9.36. The van der Waals surface area contributed by atoms with Crippen LogP contribution in [0, 0.1) is 17.6 Å². The first-order chi connectivity index (χ1) is 16.2. The van der Waals surface area contributed by atoms with Crippen LogP contribution < -0.4 is 15.8 Å². The Balaban J connectivity index is 2.10. The topological polar surface area (TPSA) is 90.6 Å². The van der Waals surface area contributed by atoms with Gasteiger partial charge in [0.25, 0.3) is 5.91 Å². The minimum Gasteiger partial charge on any atom is -0.431 e. The van der Waals surface area contributed by atoms with Crippen molar-refractivity contribution in [3.63, 3.8) is 0 Å². The largest absolute Gasteiger partial charge is 0.431 e. The molecular weight excluding hydrogens is 489 g/mol. The Hall–Kier alpha value is -3.35. The molecule has 1 aliphatic heterocycles. The Kier molecular flexibility index (Phi) is 7.02. The van der Waals surface area contributed by atoms with E-state index in [0.717, 1.165) is 19.1 Å². The van der Waals surface area contributed by atoms with Crippen molar-refractivity contribution < 1.29 is 49.8 Å². The van der Waals surface area contributed by atoms with E-state index in [4.69, 9.17) is 10.5 Å². The summed E-state index contributed by atoms with van der Waals surface area (Å²) < 4.78 is 105. The van der Waals surface area contributed by atoms with Gasteiger partial charge in [0.15, 0.2) is 17.2 Å². The molecule has 1 saturated heterocycles. The predicted octanol–water partition coefficient (Wildman–Crippen LogP) is 4.74. The third kappa shape index (κ3) is 4.90. The number of primary amides is 1. The predicted molar refractivity (Wildman–Crippen MR) is 108 cm³/mol. The van der Waals surface area contributed by atoms with Gasteiger partial charge in [0.05, 0.1) is 0 Å². The van der Waals surface area contributed by atoms with Gasteiger partial charge in [0.2, 0.25) is 11.7 Å². The summed E-state index contributed by atoms with van der Waals surface area (Å²) in [5.41, 5.74) is 1.54.